The number of aliphatic hydroxyl groups is 1. The van der Waals surface area contributed by atoms with Gasteiger partial charge in [0.05, 0.1) is 25.3 Å². The van der Waals surface area contributed by atoms with E-state index in [2.05, 4.69) is 0 Å². The van der Waals surface area contributed by atoms with E-state index in [-0.39, 0.29) is 24.8 Å². The molecule has 0 bridgehead atoms. The Kier molecular flexibility index (Phi) is 4.42. The molecule has 0 radical (unpaired) electrons. The Labute approximate surface area is 113 Å². The molecule has 6 nitrogen and oxygen atoms in total. The van der Waals surface area contributed by atoms with Gasteiger partial charge in [-0.15, -0.1) is 0 Å². The van der Waals surface area contributed by atoms with Gasteiger partial charge in [0, 0.05) is 13.7 Å². The molecule has 1 aliphatic carbocycles. The molecule has 0 aromatic carbocycles. The molecule has 0 unspecified atom stereocenters. The molecule has 1 aliphatic heterocycles. The van der Waals surface area contributed by atoms with Crippen molar-refractivity contribution in [3.8, 4) is 0 Å². The summed E-state index contributed by atoms with van der Waals surface area (Å²) in [6.07, 6.45) is 3.46. The van der Waals surface area contributed by atoms with Crippen LogP contribution in [0.15, 0.2) is 0 Å². The molecule has 0 atom stereocenters. The van der Waals surface area contributed by atoms with E-state index in [4.69, 9.17) is 4.74 Å². The summed E-state index contributed by atoms with van der Waals surface area (Å²) in [4.78, 5) is 27.0. The number of hydrogen-bond donors (Lipinski definition) is 1. The zero-order chi connectivity index (χ0) is 13.9. The Bertz CT molecular complexity index is 353. The quantitative estimate of drug-likeness (QED) is 0.761. The third-order valence-corrected chi connectivity index (χ3v) is 3.95. The normalized spacial score (nSPS) is 22.3. The maximum Gasteiger partial charge on any atom is 0.243 e. The molecule has 2 rings (SSSR count). The van der Waals surface area contributed by atoms with Crippen molar-refractivity contribution in [3.05, 3.63) is 0 Å². The molecule has 2 fully saturated rings. The molecule has 19 heavy (non-hydrogen) atoms. The fourth-order valence-electron chi connectivity index (χ4n) is 2.77. The number of carbonyl (C=O) groups is 2. The van der Waals surface area contributed by atoms with E-state index in [1.807, 2.05) is 0 Å². The first kappa shape index (κ1) is 14.3. The zero-order valence-electron chi connectivity index (χ0n) is 11.4. The summed E-state index contributed by atoms with van der Waals surface area (Å²) >= 11 is 0. The van der Waals surface area contributed by atoms with Gasteiger partial charge in [-0.1, -0.05) is 12.8 Å². The van der Waals surface area contributed by atoms with Crippen LogP contribution in [0.4, 0.5) is 0 Å². The highest BCUT2D eigenvalue weighted by atomic mass is 16.5. The van der Waals surface area contributed by atoms with Crippen molar-refractivity contribution in [2.45, 2.75) is 37.7 Å². The van der Waals surface area contributed by atoms with E-state index >= 15 is 0 Å². The molecule has 1 N–H and O–H groups in total. The molecule has 1 heterocycles. The lowest BCUT2D eigenvalue weighted by Crippen LogP contribution is -2.38. The van der Waals surface area contributed by atoms with Crippen LogP contribution < -0.4 is 0 Å². The lowest BCUT2D eigenvalue weighted by atomic mass is 9.97. The first-order valence-corrected chi connectivity index (χ1v) is 6.81. The van der Waals surface area contributed by atoms with Crippen LogP contribution >= 0.6 is 0 Å². The Morgan fingerprint density at radius 3 is 2.74 bits per heavy atom. The van der Waals surface area contributed by atoms with Gasteiger partial charge in [0.1, 0.15) is 6.54 Å². The summed E-state index contributed by atoms with van der Waals surface area (Å²) in [5.74, 6) is -0.179. The minimum Gasteiger partial charge on any atom is -0.389 e. The standard InChI is InChI=1S/C13H22N2O4/c1-19-7-6-14-10-15(9-12(14)17)11(16)8-13(18)4-2-3-5-13/h18H,2-10H2,1H3. The van der Waals surface area contributed by atoms with Crippen molar-refractivity contribution in [2.75, 3.05) is 33.5 Å². The molecule has 0 aromatic rings. The van der Waals surface area contributed by atoms with Crippen LogP contribution in [0.5, 0.6) is 0 Å². The van der Waals surface area contributed by atoms with Crippen molar-refractivity contribution in [1.82, 2.24) is 9.80 Å². The van der Waals surface area contributed by atoms with E-state index < -0.39 is 5.60 Å². The summed E-state index contributed by atoms with van der Waals surface area (Å²) in [5, 5.41) is 10.2. The predicted octanol–water partition coefficient (Wildman–Crippen LogP) is -0.0437. The number of carbonyl (C=O) groups excluding carboxylic acids is 2. The summed E-state index contributed by atoms with van der Waals surface area (Å²) in [6, 6.07) is 0. The number of nitrogens with zero attached hydrogens (tertiary/aromatic N) is 2. The molecule has 0 spiro atoms. The number of hydrogen-bond acceptors (Lipinski definition) is 4. The third-order valence-electron chi connectivity index (χ3n) is 3.95. The van der Waals surface area contributed by atoms with E-state index in [0.717, 1.165) is 12.8 Å². The Balaban J connectivity index is 1.85. The fraction of sp³-hybridized carbons (Fsp3) is 0.846. The average molecular weight is 270 g/mol. The molecule has 1 saturated heterocycles. The van der Waals surface area contributed by atoms with Crippen LogP contribution in [0, 0.1) is 0 Å². The third kappa shape index (κ3) is 3.45. The van der Waals surface area contributed by atoms with Gasteiger partial charge in [-0.25, -0.2) is 0 Å². The second kappa shape index (κ2) is 5.88. The zero-order valence-corrected chi connectivity index (χ0v) is 11.4. The number of methoxy groups -OCH3 is 1. The van der Waals surface area contributed by atoms with Gasteiger partial charge in [-0.3, -0.25) is 9.59 Å². The van der Waals surface area contributed by atoms with Gasteiger partial charge in [-0.2, -0.15) is 0 Å². The summed E-state index contributed by atoms with van der Waals surface area (Å²) in [5.41, 5.74) is -0.847. The van der Waals surface area contributed by atoms with Crippen molar-refractivity contribution >= 4 is 11.8 Å². The number of ether oxygens (including phenoxy) is 1. The number of amides is 2. The Morgan fingerprint density at radius 2 is 2.11 bits per heavy atom. The maximum absolute atomic E-state index is 12.1. The van der Waals surface area contributed by atoms with Crippen LogP contribution in [0.25, 0.3) is 0 Å². The summed E-state index contributed by atoms with van der Waals surface area (Å²) < 4.78 is 4.93. The van der Waals surface area contributed by atoms with Crippen LogP contribution in [0.2, 0.25) is 0 Å². The van der Waals surface area contributed by atoms with E-state index in [1.165, 1.54) is 4.90 Å². The Morgan fingerprint density at radius 1 is 1.42 bits per heavy atom. The summed E-state index contributed by atoms with van der Waals surface area (Å²) in [7, 11) is 1.58. The van der Waals surface area contributed by atoms with Crippen molar-refractivity contribution < 1.29 is 19.4 Å². The molecule has 0 aromatic heterocycles. The van der Waals surface area contributed by atoms with Gasteiger partial charge >= 0.3 is 0 Å². The minimum absolute atomic E-state index is 0.0520. The van der Waals surface area contributed by atoms with Gasteiger partial charge in [0.2, 0.25) is 11.8 Å². The van der Waals surface area contributed by atoms with E-state index in [0.29, 0.717) is 32.7 Å². The van der Waals surface area contributed by atoms with Gasteiger partial charge < -0.3 is 19.6 Å². The number of rotatable bonds is 5. The molecular formula is C13H22N2O4. The first-order chi connectivity index (χ1) is 9.04. The first-order valence-electron chi connectivity index (χ1n) is 6.81. The van der Waals surface area contributed by atoms with Crippen molar-refractivity contribution in [1.29, 1.82) is 0 Å². The lowest BCUT2D eigenvalue weighted by Gasteiger charge is -2.24. The van der Waals surface area contributed by atoms with Gasteiger partial charge in [-0.05, 0) is 12.8 Å². The molecule has 1 saturated carbocycles. The monoisotopic (exact) mass is 270 g/mol. The minimum atomic E-state index is -0.847. The lowest BCUT2D eigenvalue weighted by molar-refractivity contribution is -0.136. The molecule has 2 aliphatic rings. The van der Waals surface area contributed by atoms with Gasteiger partial charge in [0.25, 0.3) is 0 Å². The fourth-order valence-corrected chi connectivity index (χ4v) is 2.77. The smallest absolute Gasteiger partial charge is 0.243 e. The topological polar surface area (TPSA) is 70.1 Å². The second-order valence-corrected chi connectivity index (χ2v) is 5.49. The SMILES string of the molecule is COCCN1CN(C(=O)CC2(O)CCCC2)CC1=O. The predicted molar refractivity (Wildman–Crippen MR) is 68.2 cm³/mol. The average Bonchev–Trinajstić information content (AvgIpc) is 2.94. The highest BCUT2D eigenvalue weighted by Crippen LogP contribution is 2.33. The van der Waals surface area contributed by atoms with E-state index in [9.17, 15) is 14.7 Å². The molecule has 108 valence electrons. The molecule has 6 heteroatoms. The Hall–Kier alpha value is -1.14. The maximum atomic E-state index is 12.1. The van der Waals surface area contributed by atoms with Crippen LogP contribution in [-0.2, 0) is 14.3 Å². The van der Waals surface area contributed by atoms with Crippen molar-refractivity contribution in [2.24, 2.45) is 0 Å². The van der Waals surface area contributed by atoms with Crippen LogP contribution in [0.3, 0.4) is 0 Å². The second-order valence-electron chi connectivity index (χ2n) is 5.49. The van der Waals surface area contributed by atoms with E-state index in [1.54, 1.807) is 12.0 Å². The largest absolute Gasteiger partial charge is 0.389 e. The van der Waals surface area contributed by atoms with Gasteiger partial charge in [0.15, 0.2) is 0 Å². The highest BCUT2D eigenvalue weighted by molar-refractivity contribution is 5.88. The van der Waals surface area contributed by atoms with Crippen LogP contribution in [-0.4, -0.2) is 65.8 Å². The van der Waals surface area contributed by atoms with Crippen LogP contribution in [0.1, 0.15) is 32.1 Å². The molecule has 2 amide bonds. The highest BCUT2D eigenvalue weighted by Gasteiger charge is 2.37. The van der Waals surface area contributed by atoms with Crippen molar-refractivity contribution in [3.63, 3.8) is 0 Å². The molecular weight excluding hydrogens is 248 g/mol. The summed E-state index contributed by atoms with van der Waals surface area (Å²) in [6.45, 7) is 1.41.